The third-order valence-electron chi connectivity index (χ3n) is 3.64. The van der Waals surface area contributed by atoms with Crippen LogP contribution in [0.4, 0.5) is 16.2 Å². The number of urea groups is 1. The van der Waals surface area contributed by atoms with E-state index in [4.69, 9.17) is 5.73 Å². The van der Waals surface area contributed by atoms with Gasteiger partial charge in [0.15, 0.2) is 0 Å². The molecule has 1 aliphatic rings. The van der Waals surface area contributed by atoms with Crippen LogP contribution in [0.3, 0.4) is 0 Å². The Labute approximate surface area is 124 Å². The summed E-state index contributed by atoms with van der Waals surface area (Å²) in [7, 11) is 0. The van der Waals surface area contributed by atoms with E-state index in [2.05, 4.69) is 5.32 Å². The summed E-state index contributed by atoms with van der Waals surface area (Å²) >= 11 is 0. The second kappa shape index (κ2) is 6.92. The first-order valence-electron chi connectivity index (χ1n) is 7.21. The number of amides is 3. The summed E-state index contributed by atoms with van der Waals surface area (Å²) in [6, 6.07) is 6.16. The molecule has 0 aromatic heterocycles. The van der Waals surface area contributed by atoms with Gasteiger partial charge in [0.2, 0.25) is 5.91 Å². The zero-order valence-corrected chi connectivity index (χ0v) is 12.2. The van der Waals surface area contributed by atoms with Gasteiger partial charge in [0.25, 0.3) is 0 Å². The molecular formula is C16H21N3O2. The molecule has 0 spiro atoms. The van der Waals surface area contributed by atoms with Crippen molar-refractivity contribution in [2.75, 3.05) is 10.6 Å². The lowest BCUT2D eigenvalue weighted by molar-refractivity contribution is -0.115. The first-order chi connectivity index (χ1) is 10.1. The molecule has 3 amide bonds. The summed E-state index contributed by atoms with van der Waals surface area (Å²) in [5, 5.41) is 2.66. The molecule has 0 radical (unpaired) electrons. The first kappa shape index (κ1) is 15.1. The Morgan fingerprint density at radius 3 is 2.43 bits per heavy atom. The molecular weight excluding hydrogens is 266 g/mol. The van der Waals surface area contributed by atoms with Gasteiger partial charge in [-0.2, -0.15) is 0 Å². The smallest absolute Gasteiger partial charge is 0.332 e. The van der Waals surface area contributed by atoms with E-state index in [1.807, 2.05) is 6.08 Å². The van der Waals surface area contributed by atoms with Crippen molar-refractivity contribution >= 4 is 23.3 Å². The lowest BCUT2D eigenvalue weighted by Gasteiger charge is -2.18. The number of nitrogens with one attached hydrogen (secondary N) is 1. The minimum Gasteiger partial charge on any atom is -0.399 e. The van der Waals surface area contributed by atoms with Gasteiger partial charge in [-0.15, -0.1) is 0 Å². The highest BCUT2D eigenvalue weighted by molar-refractivity contribution is 6.13. The molecule has 0 saturated heterocycles. The lowest BCUT2D eigenvalue weighted by atomic mass is 10.1. The molecule has 0 heterocycles. The molecule has 2 rings (SSSR count). The van der Waals surface area contributed by atoms with Crippen LogP contribution in [0.15, 0.2) is 36.5 Å². The van der Waals surface area contributed by atoms with Crippen molar-refractivity contribution in [3.05, 3.63) is 36.5 Å². The molecule has 0 atom stereocenters. The Morgan fingerprint density at radius 2 is 1.86 bits per heavy atom. The van der Waals surface area contributed by atoms with Crippen LogP contribution in [0, 0.1) is 5.92 Å². The largest absolute Gasteiger partial charge is 0.399 e. The van der Waals surface area contributed by atoms with Crippen LogP contribution < -0.4 is 16.0 Å². The molecule has 5 nitrogen and oxygen atoms in total. The van der Waals surface area contributed by atoms with Gasteiger partial charge in [0.1, 0.15) is 0 Å². The maximum atomic E-state index is 12.2. The SMILES string of the molecule is CC(=O)N(C(=O)N/C=C/C1CCCC1)c1ccc(N)cc1. The number of imide groups is 1. The predicted molar refractivity (Wildman–Crippen MR) is 83.6 cm³/mol. The Bertz CT molecular complexity index is 531. The summed E-state index contributed by atoms with van der Waals surface area (Å²) < 4.78 is 0. The van der Waals surface area contributed by atoms with Crippen LogP contribution in [0.1, 0.15) is 32.6 Å². The van der Waals surface area contributed by atoms with Crippen LogP contribution >= 0.6 is 0 Å². The van der Waals surface area contributed by atoms with Crippen molar-refractivity contribution < 1.29 is 9.59 Å². The van der Waals surface area contributed by atoms with Gasteiger partial charge >= 0.3 is 6.03 Å². The molecule has 1 aliphatic carbocycles. The third-order valence-corrected chi connectivity index (χ3v) is 3.64. The summed E-state index contributed by atoms with van der Waals surface area (Å²) in [6.07, 6.45) is 8.47. The summed E-state index contributed by atoms with van der Waals surface area (Å²) in [5.74, 6) is 0.194. The number of benzene rings is 1. The van der Waals surface area contributed by atoms with E-state index in [0.717, 1.165) is 4.90 Å². The van der Waals surface area contributed by atoms with Gasteiger partial charge in [-0.05, 0) is 43.0 Å². The van der Waals surface area contributed by atoms with Crippen LogP contribution in [0.2, 0.25) is 0 Å². The van der Waals surface area contributed by atoms with Gasteiger partial charge in [-0.25, -0.2) is 9.69 Å². The maximum absolute atomic E-state index is 12.2. The van der Waals surface area contributed by atoms with E-state index in [1.165, 1.54) is 32.6 Å². The highest BCUT2D eigenvalue weighted by atomic mass is 16.2. The number of nitrogen functional groups attached to an aromatic ring is 1. The Balaban J connectivity index is 2.02. The van der Waals surface area contributed by atoms with Crippen molar-refractivity contribution in [3.8, 4) is 0 Å². The molecule has 3 N–H and O–H groups in total. The quantitative estimate of drug-likeness (QED) is 0.839. The van der Waals surface area contributed by atoms with Crippen molar-refractivity contribution in [3.63, 3.8) is 0 Å². The van der Waals surface area contributed by atoms with Gasteiger partial charge in [-0.1, -0.05) is 18.9 Å². The zero-order valence-electron chi connectivity index (χ0n) is 12.2. The number of anilines is 2. The number of allylic oxidation sites excluding steroid dienone is 1. The zero-order chi connectivity index (χ0) is 15.2. The van der Waals surface area contributed by atoms with Crippen molar-refractivity contribution in [1.29, 1.82) is 0 Å². The van der Waals surface area contributed by atoms with Gasteiger partial charge in [-0.3, -0.25) is 4.79 Å². The standard InChI is InChI=1S/C16H21N3O2/c1-12(20)19(15-8-6-14(17)7-9-15)16(21)18-11-10-13-4-2-3-5-13/h6-11,13H,2-5,17H2,1H3,(H,18,21)/b11-10+. The topological polar surface area (TPSA) is 75.4 Å². The predicted octanol–water partition coefficient (Wildman–Crippen LogP) is 3.04. The lowest BCUT2D eigenvalue weighted by Crippen LogP contribution is -2.41. The highest BCUT2D eigenvalue weighted by Crippen LogP contribution is 2.25. The molecule has 5 heteroatoms. The molecule has 1 fully saturated rings. The Kier molecular flexibility index (Phi) is 4.98. The van der Waals surface area contributed by atoms with E-state index in [0.29, 0.717) is 17.3 Å². The fourth-order valence-corrected chi connectivity index (χ4v) is 2.54. The minimum atomic E-state index is -0.457. The molecule has 0 bridgehead atoms. The van der Waals surface area contributed by atoms with Crippen LogP contribution in [-0.2, 0) is 4.79 Å². The van der Waals surface area contributed by atoms with E-state index in [9.17, 15) is 9.59 Å². The molecule has 21 heavy (non-hydrogen) atoms. The Morgan fingerprint density at radius 1 is 1.24 bits per heavy atom. The summed E-state index contributed by atoms with van der Waals surface area (Å²) in [6.45, 7) is 1.36. The third kappa shape index (κ3) is 4.08. The minimum absolute atomic E-state index is 0.341. The van der Waals surface area contributed by atoms with E-state index in [-0.39, 0.29) is 5.91 Å². The number of carbonyl (C=O) groups excluding carboxylic acids is 2. The van der Waals surface area contributed by atoms with E-state index in [1.54, 1.807) is 30.5 Å². The summed E-state index contributed by atoms with van der Waals surface area (Å²) in [4.78, 5) is 25.0. The summed E-state index contributed by atoms with van der Waals surface area (Å²) in [5.41, 5.74) is 6.70. The van der Waals surface area contributed by atoms with Crippen molar-refractivity contribution in [1.82, 2.24) is 5.32 Å². The number of carbonyl (C=O) groups is 2. The number of nitrogens with two attached hydrogens (primary N) is 1. The monoisotopic (exact) mass is 287 g/mol. The van der Waals surface area contributed by atoms with Crippen LogP contribution in [0.25, 0.3) is 0 Å². The fraction of sp³-hybridized carbons (Fsp3) is 0.375. The average molecular weight is 287 g/mol. The number of rotatable bonds is 3. The number of hydrogen-bond acceptors (Lipinski definition) is 3. The van der Waals surface area contributed by atoms with E-state index < -0.39 is 6.03 Å². The van der Waals surface area contributed by atoms with Gasteiger partial charge in [0, 0.05) is 18.8 Å². The molecule has 0 unspecified atom stereocenters. The molecule has 112 valence electrons. The van der Waals surface area contributed by atoms with Crippen molar-refractivity contribution in [2.24, 2.45) is 5.92 Å². The highest BCUT2D eigenvalue weighted by Gasteiger charge is 2.19. The number of hydrogen-bond donors (Lipinski definition) is 2. The fourth-order valence-electron chi connectivity index (χ4n) is 2.54. The van der Waals surface area contributed by atoms with Crippen molar-refractivity contribution in [2.45, 2.75) is 32.6 Å². The Hall–Kier alpha value is -2.30. The second-order valence-electron chi connectivity index (χ2n) is 5.30. The first-order valence-corrected chi connectivity index (χ1v) is 7.21. The van der Waals surface area contributed by atoms with Gasteiger partial charge < -0.3 is 11.1 Å². The van der Waals surface area contributed by atoms with Gasteiger partial charge in [0.05, 0.1) is 5.69 Å². The molecule has 0 aliphatic heterocycles. The second-order valence-corrected chi connectivity index (χ2v) is 5.30. The number of nitrogens with zero attached hydrogens (tertiary/aromatic N) is 1. The normalized spacial score (nSPS) is 15.3. The molecule has 1 saturated carbocycles. The van der Waals surface area contributed by atoms with Crippen LogP contribution in [-0.4, -0.2) is 11.9 Å². The molecule has 1 aromatic rings. The van der Waals surface area contributed by atoms with E-state index >= 15 is 0 Å². The average Bonchev–Trinajstić information content (AvgIpc) is 2.94. The molecule has 1 aromatic carbocycles. The maximum Gasteiger partial charge on any atom is 0.332 e. The van der Waals surface area contributed by atoms with Crippen LogP contribution in [0.5, 0.6) is 0 Å².